The first-order valence-electron chi connectivity index (χ1n) is 7.39. The van der Waals surface area contributed by atoms with E-state index in [9.17, 15) is 9.59 Å². The van der Waals surface area contributed by atoms with Crippen molar-refractivity contribution in [2.45, 2.75) is 39.2 Å². The van der Waals surface area contributed by atoms with Gasteiger partial charge in [0.05, 0.1) is 11.6 Å². The first-order chi connectivity index (χ1) is 10.0. The summed E-state index contributed by atoms with van der Waals surface area (Å²) in [6.07, 6.45) is 3.07. The molecule has 2 rings (SSSR count). The van der Waals surface area contributed by atoms with Crippen LogP contribution in [0.4, 0.5) is 5.69 Å². The standard InChI is InChI=1S/C16H22N2O3/c1-3-11-6-7-17-14(9-11)15(19)18-12-4-5-13(16(20)21)10(2)8-12/h4-5,8,11,14,17H,3,6-7,9H2,1-2H3,(H,18,19)(H,20,21). The molecule has 2 unspecified atom stereocenters. The highest BCUT2D eigenvalue weighted by Gasteiger charge is 2.25. The molecule has 1 saturated heterocycles. The van der Waals surface area contributed by atoms with Crippen LogP contribution in [0.15, 0.2) is 18.2 Å². The van der Waals surface area contributed by atoms with Gasteiger partial charge in [0.15, 0.2) is 0 Å². The molecule has 1 aliphatic heterocycles. The molecule has 5 heteroatoms. The van der Waals surface area contributed by atoms with E-state index < -0.39 is 5.97 Å². The Bertz CT molecular complexity index is 542. The lowest BCUT2D eigenvalue weighted by atomic mass is 9.90. The number of carboxylic acid groups (broad SMARTS) is 1. The van der Waals surface area contributed by atoms with Crippen molar-refractivity contribution >= 4 is 17.6 Å². The largest absolute Gasteiger partial charge is 0.478 e. The SMILES string of the molecule is CCC1CCNC(C(=O)Nc2ccc(C(=O)O)c(C)c2)C1. The van der Waals surface area contributed by atoms with Crippen molar-refractivity contribution in [2.75, 3.05) is 11.9 Å². The van der Waals surface area contributed by atoms with E-state index in [1.807, 2.05) is 0 Å². The summed E-state index contributed by atoms with van der Waals surface area (Å²) >= 11 is 0. The number of benzene rings is 1. The Kier molecular flexibility index (Phi) is 4.96. The van der Waals surface area contributed by atoms with Crippen LogP contribution in [0.1, 0.15) is 42.1 Å². The fourth-order valence-corrected chi connectivity index (χ4v) is 2.78. The number of aryl methyl sites for hydroxylation is 1. The van der Waals surface area contributed by atoms with Gasteiger partial charge in [0.2, 0.25) is 5.91 Å². The smallest absolute Gasteiger partial charge is 0.335 e. The van der Waals surface area contributed by atoms with Crippen LogP contribution in [0.2, 0.25) is 0 Å². The molecule has 2 atom stereocenters. The fraction of sp³-hybridized carbons (Fsp3) is 0.500. The van der Waals surface area contributed by atoms with Crippen LogP contribution < -0.4 is 10.6 Å². The molecule has 1 heterocycles. The van der Waals surface area contributed by atoms with Crippen molar-refractivity contribution in [1.82, 2.24) is 5.32 Å². The second-order valence-electron chi connectivity index (χ2n) is 5.63. The predicted molar refractivity (Wildman–Crippen MR) is 81.6 cm³/mol. The Labute approximate surface area is 124 Å². The molecule has 0 aromatic heterocycles. The Morgan fingerprint density at radius 1 is 1.43 bits per heavy atom. The van der Waals surface area contributed by atoms with E-state index in [1.54, 1.807) is 19.1 Å². The highest BCUT2D eigenvalue weighted by Crippen LogP contribution is 2.21. The van der Waals surface area contributed by atoms with Crippen LogP contribution >= 0.6 is 0 Å². The van der Waals surface area contributed by atoms with Crippen molar-refractivity contribution in [2.24, 2.45) is 5.92 Å². The molecular formula is C16H22N2O3. The Morgan fingerprint density at radius 3 is 2.81 bits per heavy atom. The zero-order valence-corrected chi connectivity index (χ0v) is 12.5. The van der Waals surface area contributed by atoms with Crippen molar-refractivity contribution in [3.05, 3.63) is 29.3 Å². The molecule has 1 aliphatic rings. The molecule has 114 valence electrons. The van der Waals surface area contributed by atoms with Crippen molar-refractivity contribution in [3.63, 3.8) is 0 Å². The number of aromatic carboxylic acids is 1. The van der Waals surface area contributed by atoms with Gasteiger partial charge in [0, 0.05) is 5.69 Å². The van der Waals surface area contributed by atoms with Crippen LogP contribution in [-0.4, -0.2) is 29.6 Å². The third kappa shape index (κ3) is 3.82. The topological polar surface area (TPSA) is 78.4 Å². The van der Waals surface area contributed by atoms with Crippen LogP contribution in [0.3, 0.4) is 0 Å². The average Bonchev–Trinajstić information content (AvgIpc) is 2.47. The zero-order chi connectivity index (χ0) is 15.4. The first-order valence-corrected chi connectivity index (χ1v) is 7.39. The number of carbonyl (C=O) groups is 2. The molecular weight excluding hydrogens is 268 g/mol. The van der Waals surface area contributed by atoms with E-state index in [-0.39, 0.29) is 17.5 Å². The van der Waals surface area contributed by atoms with Crippen LogP contribution in [-0.2, 0) is 4.79 Å². The van der Waals surface area contributed by atoms with Gasteiger partial charge in [0.25, 0.3) is 0 Å². The lowest BCUT2D eigenvalue weighted by Crippen LogP contribution is -2.46. The molecule has 1 fully saturated rings. The summed E-state index contributed by atoms with van der Waals surface area (Å²) in [5.41, 5.74) is 1.54. The highest BCUT2D eigenvalue weighted by molar-refractivity contribution is 5.96. The van der Waals surface area contributed by atoms with E-state index in [1.165, 1.54) is 6.07 Å². The van der Waals surface area contributed by atoms with E-state index in [2.05, 4.69) is 17.6 Å². The van der Waals surface area contributed by atoms with Gasteiger partial charge < -0.3 is 15.7 Å². The number of hydrogen-bond donors (Lipinski definition) is 3. The second kappa shape index (κ2) is 6.72. The maximum atomic E-state index is 12.3. The molecule has 21 heavy (non-hydrogen) atoms. The van der Waals surface area contributed by atoms with Gasteiger partial charge in [-0.15, -0.1) is 0 Å². The molecule has 0 saturated carbocycles. The molecule has 1 aromatic carbocycles. The minimum atomic E-state index is -0.954. The number of rotatable bonds is 4. The van der Waals surface area contributed by atoms with Gasteiger partial charge >= 0.3 is 5.97 Å². The normalized spacial score (nSPS) is 21.8. The van der Waals surface area contributed by atoms with E-state index in [0.29, 0.717) is 17.2 Å². The van der Waals surface area contributed by atoms with E-state index >= 15 is 0 Å². The maximum Gasteiger partial charge on any atom is 0.335 e. The monoisotopic (exact) mass is 290 g/mol. The van der Waals surface area contributed by atoms with Crippen molar-refractivity contribution < 1.29 is 14.7 Å². The third-order valence-electron chi connectivity index (χ3n) is 4.13. The molecule has 1 aromatic rings. The minimum Gasteiger partial charge on any atom is -0.478 e. The second-order valence-corrected chi connectivity index (χ2v) is 5.63. The molecule has 3 N–H and O–H groups in total. The number of piperidine rings is 1. The minimum absolute atomic E-state index is 0.0457. The Balaban J connectivity index is 2.02. The summed E-state index contributed by atoms with van der Waals surface area (Å²) < 4.78 is 0. The fourth-order valence-electron chi connectivity index (χ4n) is 2.78. The lowest BCUT2D eigenvalue weighted by molar-refractivity contribution is -0.119. The number of amides is 1. The van der Waals surface area contributed by atoms with Gasteiger partial charge in [0.1, 0.15) is 0 Å². The first kappa shape index (κ1) is 15.5. The predicted octanol–water partition coefficient (Wildman–Crippen LogP) is 2.41. The number of hydrogen-bond acceptors (Lipinski definition) is 3. The zero-order valence-electron chi connectivity index (χ0n) is 12.5. The summed E-state index contributed by atoms with van der Waals surface area (Å²) in [5, 5.41) is 15.1. The summed E-state index contributed by atoms with van der Waals surface area (Å²) in [4.78, 5) is 23.2. The summed E-state index contributed by atoms with van der Waals surface area (Å²) in [6.45, 7) is 4.75. The van der Waals surface area contributed by atoms with Gasteiger partial charge in [-0.2, -0.15) is 0 Å². The quantitative estimate of drug-likeness (QED) is 0.795. The van der Waals surface area contributed by atoms with Crippen molar-refractivity contribution in [3.8, 4) is 0 Å². The van der Waals surface area contributed by atoms with Gasteiger partial charge in [-0.25, -0.2) is 4.79 Å². The third-order valence-corrected chi connectivity index (χ3v) is 4.13. The number of carboxylic acids is 1. The van der Waals surface area contributed by atoms with Crippen molar-refractivity contribution in [1.29, 1.82) is 0 Å². The molecule has 5 nitrogen and oxygen atoms in total. The van der Waals surface area contributed by atoms with E-state index in [4.69, 9.17) is 5.11 Å². The maximum absolute atomic E-state index is 12.3. The van der Waals surface area contributed by atoms with Gasteiger partial charge in [-0.1, -0.05) is 13.3 Å². The number of carbonyl (C=O) groups excluding carboxylic acids is 1. The summed E-state index contributed by atoms with van der Waals surface area (Å²) in [5.74, 6) is -0.404. The average molecular weight is 290 g/mol. The molecule has 1 amide bonds. The Hall–Kier alpha value is -1.88. The molecule has 0 radical (unpaired) electrons. The van der Waals surface area contributed by atoms with Gasteiger partial charge in [-0.3, -0.25) is 4.79 Å². The van der Waals surface area contributed by atoms with Crippen LogP contribution in [0.5, 0.6) is 0 Å². The summed E-state index contributed by atoms with van der Waals surface area (Å²) in [6, 6.07) is 4.69. The molecule has 0 aliphatic carbocycles. The van der Waals surface area contributed by atoms with Crippen LogP contribution in [0, 0.1) is 12.8 Å². The number of nitrogens with one attached hydrogen (secondary N) is 2. The van der Waals surface area contributed by atoms with Gasteiger partial charge in [-0.05, 0) is 56.0 Å². The summed E-state index contributed by atoms with van der Waals surface area (Å²) in [7, 11) is 0. The van der Waals surface area contributed by atoms with E-state index in [0.717, 1.165) is 25.8 Å². The lowest BCUT2D eigenvalue weighted by Gasteiger charge is -2.28. The number of anilines is 1. The van der Waals surface area contributed by atoms with Crippen LogP contribution in [0.25, 0.3) is 0 Å². The molecule has 0 bridgehead atoms. The molecule has 0 spiro atoms. The Morgan fingerprint density at radius 2 is 2.19 bits per heavy atom. The highest BCUT2D eigenvalue weighted by atomic mass is 16.4.